The SMILES string of the molecule is Nc1nc2c(c(-c3ccccc3)n1)C(N)CC2. The maximum atomic E-state index is 6.11. The van der Waals surface area contributed by atoms with E-state index in [0.717, 1.165) is 35.4 Å². The Labute approximate surface area is 99.7 Å². The molecule has 3 rings (SSSR count). The molecule has 0 saturated carbocycles. The van der Waals surface area contributed by atoms with Crippen molar-refractivity contribution in [1.29, 1.82) is 0 Å². The molecule has 1 aliphatic rings. The smallest absolute Gasteiger partial charge is 0.220 e. The van der Waals surface area contributed by atoms with Gasteiger partial charge >= 0.3 is 0 Å². The van der Waals surface area contributed by atoms with Crippen molar-refractivity contribution in [2.75, 3.05) is 5.73 Å². The van der Waals surface area contributed by atoms with E-state index in [2.05, 4.69) is 9.97 Å². The van der Waals surface area contributed by atoms with E-state index in [0.29, 0.717) is 5.95 Å². The summed E-state index contributed by atoms with van der Waals surface area (Å²) in [5, 5.41) is 0. The zero-order valence-electron chi connectivity index (χ0n) is 9.43. The maximum Gasteiger partial charge on any atom is 0.220 e. The third-order valence-electron chi connectivity index (χ3n) is 3.15. The minimum absolute atomic E-state index is 0.0285. The number of nitrogen functional groups attached to an aromatic ring is 1. The quantitative estimate of drug-likeness (QED) is 0.775. The first kappa shape index (κ1) is 10.2. The summed E-state index contributed by atoms with van der Waals surface area (Å²) < 4.78 is 0. The van der Waals surface area contributed by atoms with E-state index < -0.39 is 0 Å². The van der Waals surface area contributed by atoms with Crippen LogP contribution >= 0.6 is 0 Å². The summed E-state index contributed by atoms with van der Waals surface area (Å²) in [6, 6.07) is 10.0. The van der Waals surface area contributed by atoms with Gasteiger partial charge in [-0.25, -0.2) is 9.97 Å². The monoisotopic (exact) mass is 226 g/mol. The van der Waals surface area contributed by atoms with E-state index >= 15 is 0 Å². The lowest BCUT2D eigenvalue weighted by molar-refractivity contribution is 0.712. The predicted molar refractivity (Wildman–Crippen MR) is 67.1 cm³/mol. The number of nitrogens with zero attached hydrogens (tertiary/aromatic N) is 2. The maximum absolute atomic E-state index is 6.11. The van der Waals surface area contributed by atoms with Gasteiger partial charge < -0.3 is 11.5 Å². The number of nitrogens with two attached hydrogens (primary N) is 2. The molecule has 0 spiro atoms. The molecule has 1 aromatic carbocycles. The Hall–Kier alpha value is -1.94. The zero-order valence-corrected chi connectivity index (χ0v) is 9.43. The molecular formula is C13H14N4. The summed E-state index contributed by atoms with van der Waals surface area (Å²) in [5.41, 5.74) is 15.9. The minimum Gasteiger partial charge on any atom is -0.368 e. The average molecular weight is 226 g/mol. The Kier molecular flexibility index (Phi) is 2.30. The van der Waals surface area contributed by atoms with Crippen LogP contribution < -0.4 is 11.5 Å². The number of aromatic nitrogens is 2. The van der Waals surface area contributed by atoms with Gasteiger partial charge in [0.05, 0.1) is 11.4 Å². The number of aryl methyl sites for hydroxylation is 1. The van der Waals surface area contributed by atoms with E-state index in [-0.39, 0.29) is 6.04 Å². The summed E-state index contributed by atoms with van der Waals surface area (Å²) in [6.45, 7) is 0. The van der Waals surface area contributed by atoms with E-state index in [1.54, 1.807) is 0 Å². The predicted octanol–water partition coefficient (Wildman–Crippen LogP) is 1.67. The molecule has 1 unspecified atom stereocenters. The molecule has 1 atom stereocenters. The lowest BCUT2D eigenvalue weighted by atomic mass is 10.0. The normalized spacial score (nSPS) is 18.1. The Morgan fingerprint density at radius 3 is 2.65 bits per heavy atom. The first-order chi connectivity index (χ1) is 8.25. The second-order valence-corrected chi connectivity index (χ2v) is 4.30. The molecule has 86 valence electrons. The highest BCUT2D eigenvalue weighted by molar-refractivity contribution is 5.66. The molecule has 4 heteroatoms. The molecule has 0 saturated heterocycles. The van der Waals surface area contributed by atoms with Crippen LogP contribution in [0.4, 0.5) is 5.95 Å². The van der Waals surface area contributed by atoms with E-state index in [4.69, 9.17) is 11.5 Å². The highest BCUT2D eigenvalue weighted by atomic mass is 15.0. The fourth-order valence-electron chi connectivity index (χ4n) is 2.37. The van der Waals surface area contributed by atoms with Gasteiger partial charge in [-0.2, -0.15) is 0 Å². The molecule has 0 fully saturated rings. The second kappa shape index (κ2) is 3.82. The van der Waals surface area contributed by atoms with Crippen molar-refractivity contribution in [3.05, 3.63) is 41.6 Å². The number of benzene rings is 1. The van der Waals surface area contributed by atoms with Crippen LogP contribution in [-0.4, -0.2) is 9.97 Å². The molecule has 0 radical (unpaired) electrons. The first-order valence-corrected chi connectivity index (χ1v) is 5.73. The zero-order chi connectivity index (χ0) is 11.8. The van der Waals surface area contributed by atoms with Gasteiger partial charge in [-0.15, -0.1) is 0 Å². The van der Waals surface area contributed by atoms with Crippen molar-refractivity contribution in [2.24, 2.45) is 5.73 Å². The van der Waals surface area contributed by atoms with Crippen molar-refractivity contribution >= 4 is 5.95 Å². The van der Waals surface area contributed by atoms with Gasteiger partial charge in [0, 0.05) is 17.2 Å². The van der Waals surface area contributed by atoms with Crippen LogP contribution in [0.3, 0.4) is 0 Å². The van der Waals surface area contributed by atoms with Gasteiger partial charge in [0.15, 0.2) is 0 Å². The van der Waals surface area contributed by atoms with Crippen LogP contribution in [0.2, 0.25) is 0 Å². The van der Waals surface area contributed by atoms with Crippen LogP contribution in [0.1, 0.15) is 23.7 Å². The van der Waals surface area contributed by atoms with Gasteiger partial charge in [-0.05, 0) is 12.8 Å². The summed E-state index contributed by atoms with van der Waals surface area (Å²) in [6.07, 6.45) is 1.82. The topological polar surface area (TPSA) is 77.8 Å². The summed E-state index contributed by atoms with van der Waals surface area (Å²) in [7, 11) is 0. The molecule has 2 aromatic rings. The van der Waals surface area contributed by atoms with E-state index in [9.17, 15) is 0 Å². The summed E-state index contributed by atoms with van der Waals surface area (Å²) in [4.78, 5) is 8.63. The number of fused-ring (bicyclic) bond motifs is 1. The first-order valence-electron chi connectivity index (χ1n) is 5.73. The molecule has 4 nitrogen and oxygen atoms in total. The van der Waals surface area contributed by atoms with Gasteiger partial charge in [0.1, 0.15) is 0 Å². The molecule has 4 N–H and O–H groups in total. The number of anilines is 1. The third-order valence-corrected chi connectivity index (χ3v) is 3.15. The highest BCUT2D eigenvalue weighted by Gasteiger charge is 2.25. The Morgan fingerprint density at radius 2 is 1.88 bits per heavy atom. The lowest BCUT2D eigenvalue weighted by Gasteiger charge is -2.11. The molecule has 1 heterocycles. The van der Waals surface area contributed by atoms with Crippen molar-refractivity contribution in [3.8, 4) is 11.3 Å². The molecule has 1 aromatic heterocycles. The molecule has 17 heavy (non-hydrogen) atoms. The van der Waals surface area contributed by atoms with Gasteiger partial charge in [0.2, 0.25) is 5.95 Å². The standard InChI is InChI=1S/C13H14N4/c14-9-6-7-10-11(9)12(17-13(15)16-10)8-4-2-1-3-5-8/h1-5,9H,6-7,14H2,(H2,15,16,17). The Balaban J connectivity index is 2.24. The van der Waals surface area contributed by atoms with Gasteiger partial charge in [-0.3, -0.25) is 0 Å². The van der Waals surface area contributed by atoms with Crippen LogP contribution in [0, 0.1) is 0 Å². The van der Waals surface area contributed by atoms with Crippen LogP contribution in [0.5, 0.6) is 0 Å². The third kappa shape index (κ3) is 1.66. The fraction of sp³-hybridized carbons (Fsp3) is 0.231. The molecule has 0 amide bonds. The molecule has 1 aliphatic carbocycles. The largest absolute Gasteiger partial charge is 0.368 e. The van der Waals surface area contributed by atoms with Gasteiger partial charge in [0.25, 0.3) is 0 Å². The summed E-state index contributed by atoms with van der Waals surface area (Å²) in [5.74, 6) is 0.330. The van der Waals surface area contributed by atoms with Crippen molar-refractivity contribution in [2.45, 2.75) is 18.9 Å². The Morgan fingerprint density at radius 1 is 1.12 bits per heavy atom. The van der Waals surface area contributed by atoms with E-state index in [1.807, 2.05) is 30.3 Å². The van der Waals surface area contributed by atoms with E-state index in [1.165, 1.54) is 0 Å². The number of hydrogen-bond donors (Lipinski definition) is 2. The van der Waals surface area contributed by atoms with Crippen LogP contribution in [0.25, 0.3) is 11.3 Å². The molecule has 0 bridgehead atoms. The highest BCUT2D eigenvalue weighted by Crippen LogP contribution is 2.35. The molecule has 0 aliphatic heterocycles. The van der Waals surface area contributed by atoms with Crippen molar-refractivity contribution in [1.82, 2.24) is 9.97 Å². The summed E-state index contributed by atoms with van der Waals surface area (Å²) >= 11 is 0. The average Bonchev–Trinajstić information content (AvgIpc) is 2.71. The van der Waals surface area contributed by atoms with Crippen molar-refractivity contribution in [3.63, 3.8) is 0 Å². The van der Waals surface area contributed by atoms with Crippen molar-refractivity contribution < 1.29 is 0 Å². The lowest BCUT2D eigenvalue weighted by Crippen LogP contribution is -2.10. The molecular weight excluding hydrogens is 212 g/mol. The minimum atomic E-state index is 0.0285. The van der Waals surface area contributed by atoms with Crippen LogP contribution in [0.15, 0.2) is 30.3 Å². The number of hydrogen-bond acceptors (Lipinski definition) is 4. The second-order valence-electron chi connectivity index (χ2n) is 4.30. The van der Waals surface area contributed by atoms with Crippen LogP contribution in [-0.2, 0) is 6.42 Å². The van der Waals surface area contributed by atoms with Gasteiger partial charge in [-0.1, -0.05) is 30.3 Å². The fourth-order valence-corrected chi connectivity index (χ4v) is 2.37. The number of rotatable bonds is 1. The Bertz CT molecular complexity index is 551.